The van der Waals surface area contributed by atoms with E-state index in [1.165, 1.54) is 0 Å². The van der Waals surface area contributed by atoms with Crippen molar-refractivity contribution < 1.29 is 41.8 Å². The minimum absolute atomic E-state index is 1.10. The van der Waals surface area contributed by atoms with Gasteiger partial charge in [0.1, 0.15) is 12.0 Å². The number of halogens is 5. The first kappa shape index (κ1) is 16.1. The van der Waals surface area contributed by atoms with E-state index in [-0.39, 0.29) is 0 Å². The molecule has 0 spiro atoms. The molecule has 1 aromatic carbocycles. The van der Waals surface area contributed by atoms with Crippen molar-refractivity contribution in [3.8, 4) is 0 Å². The Bertz CT molecular complexity index is 587. The predicted octanol–water partition coefficient (Wildman–Crippen LogP) is 2.16. The number of esters is 2. The molecule has 1 N–H and O–H groups in total. The molecule has 20 heavy (non-hydrogen) atoms. The van der Waals surface area contributed by atoms with E-state index in [2.05, 4.69) is 20.7 Å². The number of rotatable bonds is 3. The van der Waals surface area contributed by atoms with Crippen LogP contribution in [0.3, 0.4) is 0 Å². The molecule has 0 aliphatic carbocycles. The van der Waals surface area contributed by atoms with Crippen LogP contribution in [0.5, 0.6) is 0 Å². The van der Waals surface area contributed by atoms with Crippen LogP contribution >= 0.6 is 15.9 Å². The van der Waals surface area contributed by atoms with Gasteiger partial charge in [0.25, 0.3) is 0 Å². The predicted molar refractivity (Wildman–Crippen MR) is 56.6 cm³/mol. The Hall–Kier alpha value is -1.97. The van der Waals surface area contributed by atoms with Gasteiger partial charge in [0, 0.05) is 0 Å². The smallest absolute Gasteiger partial charge is 0.350 e. The largest absolute Gasteiger partial charge is 0.481 e. The summed E-state index contributed by atoms with van der Waals surface area (Å²) < 4.78 is 55.0. The minimum Gasteiger partial charge on any atom is -0.481 e. The Balaban J connectivity index is 3.18. The standard InChI is InChI=1S/C10H3BrF4O5/c11-5-4(6(12)8(14)9(15)7(5)13)10(19)20-3(18)1-2(16)17/h1H2,(H,16,17). The van der Waals surface area contributed by atoms with E-state index in [9.17, 15) is 31.9 Å². The lowest BCUT2D eigenvalue weighted by molar-refractivity contribution is -0.147. The van der Waals surface area contributed by atoms with E-state index in [1.54, 1.807) is 0 Å². The highest BCUT2D eigenvalue weighted by molar-refractivity contribution is 9.10. The van der Waals surface area contributed by atoms with Crippen LogP contribution in [-0.4, -0.2) is 23.0 Å². The highest BCUT2D eigenvalue weighted by Gasteiger charge is 2.30. The molecule has 0 amide bonds. The zero-order chi connectivity index (χ0) is 15.6. The molecule has 0 saturated carbocycles. The first-order valence-electron chi connectivity index (χ1n) is 4.65. The Kier molecular flexibility index (Phi) is 4.82. The topological polar surface area (TPSA) is 80.7 Å². The van der Waals surface area contributed by atoms with E-state index < -0.39 is 57.6 Å². The molecule has 0 unspecified atom stereocenters. The van der Waals surface area contributed by atoms with Gasteiger partial charge in [-0.1, -0.05) is 0 Å². The van der Waals surface area contributed by atoms with E-state index in [0.29, 0.717) is 0 Å². The maximum Gasteiger partial charge on any atom is 0.350 e. The Morgan fingerprint density at radius 2 is 1.50 bits per heavy atom. The second-order valence-electron chi connectivity index (χ2n) is 3.28. The zero-order valence-electron chi connectivity index (χ0n) is 9.18. The van der Waals surface area contributed by atoms with Crippen molar-refractivity contribution in [1.82, 2.24) is 0 Å². The molecule has 5 nitrogen and oxygen atoms in total. The van der Waals surface area contributed by atoms with Crippen LogP contribution < -0.4 is 0 Å². The summed E-state index contributed by atoms with van der Waals surface area (Å²) in [6, 6.07) is 0. The molecule has 0 saturated heterocycles. The molecule has 1 rings (SSSR count). The van der Waals surface area contributed by atoms with Gasteiger partial charge in [0.2, 0.25) is 0 Å². The lowest BCUT2D eigenvalue weighted by atomic mass is 10.2. The fourth-order valence-corrected chi connectivity index (χ4v) is 1.61. The third-order valence-corrected chi connectivity index (χ3v) is 2.66. The van der Waals surface area contributed by atoms with Crippen LogP contribution in [0.2, 0.25) is 0 Å². The van der Waals surface area contributed by atoms with Gasteiger partial charge in [0.05, 0.1) is 4.47 Å². The van der Waals surface area contributed by atoms with Crippen LogP contribution in [-0.2, 0) is 14.3 Å². The normalized spacial score (nSPS) is 10.2. The van der Waals surface area contributed by atoms with Crippen molar-refractivity contribution >= 4 is 33.8 Å². The van der Waals surface area contributed by atoms with Crippen LogP contribution in [0.1, 0.15) is 16.8 Å². The fraction of sp³-hybridized carbons (Fsp3) is 0.100. The molecule has 0 fully saturated rings. The van der Waals surface area contributed by atoms with Crippen LogP contribution in [0.4, 0.5) is 17.6 Å². The average Bonchev–Trinajstić information content (AvgIpc) is 2.33. The highest BCUT2D eigenvalue weighted by Crippen LogP contribution is 2.29. The molecule has 0 atom stereocenters. The van der Waals surface area contributed by atoms with E-state index in [0.717, 1.165) is 0 Å². The first-order chi connectivity index (χ1) is 9.16. The first-order valence-corrected chi connectivity index (χ1v) is 5.44. The van der Waals surface area contributed by atoms with Crippen molar-refractivity contribution in [3.05, 3.63) is 33.3 Å². The van der Waals surface area contributed by atoms with Gasteiger partial charge in [-0.2, -0.15) is 0 Å². The summed E-state index contributed by atoms with van der Waals surface area (Å²) in [6.45, 7) is 0. The number of carboxylic acids is 1. The molecule has 0 heterocycles. The number of carbonyl (C=O) groups excluding carboxylic acids is 2. The Labute approximate surface area is 116 Å². The molecule has 0 aliphatic rings. The Morgan fingerprint density at radius 1 is 1.00 bits per heavy atom. The second kappa shape index (κ2) is 5.99. The number of carbonyl (C=O) groups is 3. The monoisotopic (exact) mass is 358 g/mol. The molecule has 108 valence electrons. The highest BCUT2D eigenvalue weighted by atomic mass is 79.9. The maximum atomic E-state index is 13.3. The average molecular weight is 359 g/mol. The summed E-state index contributed by atoms with van der Waals surface area (Å²) in [4.78, 5) is 32.4. The molecule has 0 bridgehead atoms. The quantitative estimate of drug-likeness (QED) is 0.294. The second-order valence-corrected chi connectivity index (χ2v) is 4.07. The lowest BCUT2D eigenvalue weighted by Gasteiger charge is -2.08. The molecule has 10 heteroatoms. The molecular formula is C10H3BrF4O5. The van der Waals surface area contributed by atoms with E-state index in [4.69, 9.17) is 5.11 Å². The van der Waals surface area contributed by atoms with Gasteiger partial charge in [-0.3, -0.25) is 9.59 Å². The van der Waals surface area contributed by atoms with Gasteiger partial charge < -0.3 is 9.84 Å². The zero-order valence-corrected chi connectivity index (χ0v) is 10.8. The van der Waals surface area contributed by atoms with Crippen molar-refractivity contribution in [1.29, 1.82) is 0 Å². The summed E-state index contributed by atoms with van der Waals surface area (Å²) in [7, 11) is 0. The third kappa shape index (κ3) is 3.13. The van der Waals surface area contributed by atoms with Crippen LogP contribution in [0.25, 0.3) is 0 Å². The van der Waals surface area contributed by atoms with E-state index in [1.807, 2.05) is 0 Å². The van der Waals surface area contributed by atoms with Crippen molar-refractivity contribution in [2.75, 3.05) is 0 Å². The van der Waals surface area contributed by atoms with Gasteiger partial charge in [-0.15, -0.1) is 0 Å². The number of carboxylic acid groups (broad SMARTS) is 1. The number of aliphatic carboxylic acids is 1. The molecule has 1 aromatic rings. The van der Waals surface area contributed by atoms with Crippen molar-refractivity contribution in [2.24, 2.45) is 0 Å². The van der Waals surface area contributed by atoms with Gasteiger partial charge >= 0.3 is 17.9 Å². The molecule has 0 aliphatic heterocycles. The summed E-state index contributed by atoms with van der Waals surface area (Å²) in [6.07, 6.45) is -1.23. The third-order valence-electron chi connectivity index (χ3n) is 1.92. The van der Waals surface area contributed by atoms with Crippen molar-refractivity contribution in [2.45, 2.75) is 6.42 Å². The summed E-state index contributed by atoms with van der Waals surface area (Å²) in [5.41, 5.74) is -1.40. The van der Waals surface area contributed by atoms with E-state index >= 15 is 0 Å². The molecular weight excluding hydrogens is 356 g/mol. The number of hydrogen-bond donors (Lipinski definition) is 1. The van der Waals surface area contributed by atoms with Gasteiger partial charge in [0.15, 0.2) is 23.3 Å². The number of benzene rings is 1. The molecule has 0 radical (unpaired) electrons. The van der Waals surface area contributed by atoms with Gasteiger partial charge in [-0.05, 0) is 15.9 Å². The lowest BCUT2D eigenvalue weighted by Crippen LogP contribution is -2.19. The minimum atomic E-state index is -2.27. The summed E-state index contributed by atoms with van der Waals surface area (Å²) in [5.74, 6) is -13.5. The number of hydrogen-bond acceptors (Lipinski definition) is 4. The Morgan fingerprint density at radius 3 is 2.00 bits per heavy atom. The van der Waals surface area contributed by atoms with Crippen LogP contribution in [0, 0.1) is 23.3 Å². The fourth-order valence-electron chi connectivity index (χ4n) is 1.10. The summed E-state index contributed by atoms with van der Waals surface area (Å²) in [5, 5.41) is 8.24. The SMILES string of the molecule is O=C(O)CC(=O)OC(=O)c1c(F)c(F)c(F)c(F)c1Br. The maximum absolute atomic E-state index is 13.3. The summed E-state index contributed by atoms with van der Waals surface area (Å²) >= 11 is 2.31. The number of ether oxygens (including phenoxy) is 1. The molecule has 0 aromatic heterocycles. The van der Waals surface area contributed by atoms with Crippen LogP contribution in [0.15, 0.2) is 4.47 Å². The van der Waals surface area contributed by atoms with Gasteiger partial charge in [-0.25, -0.2) is 22.4 Å². The van der Waals surface area contributed by atoms with Crippen molar-refractivity contribution in [3.63, 3.8) is 0 Å².